The molecule has 0 bridgehead atoms. The van der Waals surface area contributed by atoms with Gasteiger partial charge in [-0.3, -0.25) is 0 Å². The molecular weight excluding hydrogens is 723 g/mol. The van der Waals surface area contributed by atoms with E-state index in [1.54, 1.807) is 11.3 Å². The molecule has 0 amide bonds. The molecule has 0 spiro atoms. The van der Waals surface area contributed by atoms with E-state index in [0.717, 1.165) is 60.2 Å². The standard InChI is InChI=1S/C50H27N3OS2/c1-2-11-29-25-40-37(24-28(29)10-1)32-12-3-6-15-38(32)53(40)39-16-9-19-44-46(39)35-23-21-31(27-45(35)55-44)50-51-47(49-48(52-50)36-14-5-8-18-43(36)56-49)30-20-22-34-33-13-4-7-17-41(33)54-42(34)26-30/h1-27H. The second-order valence-electron chi connectivity index (χ2n) is 14.5. The Morgan fingerprint density at radius 2 is 1.18 bits per heavy atom. The van der Waals surface area contributed by atoms with Crippen LogP contribution >= 0.6 is 22.7 Å². The molecule has 6 heteroatoms. The highest BCUT2D eigenvalue weighted by molar-refractivity contribution is 7.26. The minimum Gasteiger partial charge on any atom is -0.456 e. The average molecular weight is 750 g/mol. The topological polar surface area (TPSA) is 43.9 Å². The molecule has 0 fully saturated rings. The highest BCUT2D eigenvalue weighted by atomic mass is 32.1. The highest BCUT2D eigenvalue weighted by Crippen LogP contribution is 2.44. The number of rotatable bonds is 3. The van der Waals surface area contributed by atoms with Crippen molar-refractivity contribution in [1.29, 1.82) is 0 Å². The van der Waals surface area contributed by atoms with Gasteiger partial charge < -0.3 is 8.98 Å². The molecular formula is C50H27N3OS2. The summed E-state index contributed by atoms with van der Waals surface area (Å²) in [5.74, 6) is 0.717. The Bertz CT molecular complexity index is 3790. The lowest BCUT2D eigenvalue weighted by molar-refractivity contribution is 0.669. The number of fused-ring (bicyclic) bond motifs is 13. The Labute approximate surface area is 327 Å². The summed E-state index contributed by atoms with van der Waals surface area (Å²) in [6.07, 6.45) is 0. The van der Waals surface area contributed by atoms with Gasteiger partial charge in [0.2, 0.25) is 0 Å². The van der Waals surface area contributed by atoms with Crippen molar-refractivity contribution < 1.29 is 4.42 Å². The van der Waals surface area contributed by atoms with Crippen LogP contribution in [0, 0.1) is 0 Å². The third-order valence-electron chi connectivity index (χ3n) is 11.4. The zero-order valence-corrected chi connectivity index (χ0v) is 31.3. The molecule has 0 N–H and O–H groups in total. The Morgan fingerprint density at radius 3 is 2.11 bits per heavy atom. The fourth-order valence-corrected chi connectivity index (χ4v) is 11.2. The molecule has 0 aliphatic carbocycles. The lowest BCUT2D eigenvalue weighted by Crippen LogP contribution is -1.95. The molecule has 260 valence electrons. The molecule has 0 unspecified atom stereocenters. The summed E-state index contributed by atoms with van der Waals surface area (Å²) in [5.41, 5.74) is 9.28. The van der Waals surface area contributed by atoms with E-state index >= 15 is 0 Å². The number of benzene rings is 8. The minimum atomic E-state index is 0.717. The first kappa shape index (κ1) is 30.5. The van der Waals surface area contributed by atoms with Gasteiger partial charge >= 0.3 is 0 Å². The lowest BCUT2D eigenvalue weighted by atomic mass is 10.1. The smallest absolute Gasteiger partial charge is 0.160 e. The van der Waals surface area contributed by atoms with Gasteiger partial charge in [-0.05, 0) is 71.4 Å². The summed E-state index contributed by atoms with van der Waals surface area (Å²) in [6.45, 7) is 0. The van der Waals surface area contributed by atoms with Crippen molar-refractivity contribution in [2.45, 2.75) is 0 Å². The van der Waals surface area contributed by atoms with Crippen LogP contribution in [-0.4, -0.2) is 14.5 Å². The van der Waals surface area contributed by atoms with Crippen LogP contribution in [0.2, 0.25) is 0 Å². The maximum absolute atomic E-state index is 6.34. The summed E-state index contributed by atoms with van der Waals surface area (Å²) < 4.78 is 13.5. The van der Waals surface area contributed by atoms with Crippen LogP contribution in [0.1, 0.15) is 0 Å². The molecule has 5 aromatic heterocycles. The molecule has 5 heterocycles. The predicted molar refractivity (Wildman–Crippen MR) is 238 cm³/mol. The summed E-state index contributed by atoms with van der Waals surface area (Å²) in [6, 6.07) is 58.8. The van der Waals surface area contributed by atoms with Gasteiger partial charge in [0.15, 0.2) is 5.82 Å². The number of hydrogen-bond donors (Lipinski definition) is 0. The Hall–Kier alpha value is -6.86. The van der Waals surface area contributed by atoms with Crippen LogP contribution in [-0.2, 0) is 0 Å². The molecule has 4 nitrogen and oxygen atoms in total. The van der Waals surface area contributed by atoms with E-state index in [1.807, 2.05) is 23.5 Å². The number of furan rings is 1. The van der Waals surface area contributed by atoms with Crippen molar-refractivity contribution >= 4 is 118 Å². The van der Waals surface area contributed by atoms with Gasteiger partial charge in [-0.1, -0.05) is 103 Å². The second kappa shape index (κ2) is 11.3. The maximum Gasteiger partial charge on any atom is 0.160 e. The monoisotopic (exact) mass is 749 g/mol. The van der Waals surface area contributed by atoms with Crippen molar-refractivity contribution in [3.8, 4) is 28.3 Å². The van der Waals surface area contributed by atoms with E-state index in [4.69, 9.17) is 14.4 Å². The van der Waals surface area contributed by atoms with Gasteiger partial charge in [0.1, 0.15) is 11.2 Å². The van der Waals surface area contributed by atoms with Crippen LogP contribution in [0.5, 0.6) is 0 Å². The SMILES string of the molecule is c1ccc2cc3c(cc2c1)c1ccccc1n3-c1cccc2sc3cc(-c4nc(-c5ccc6c(c5)oc5ccccc56)c5sc6ccccc6c5n4)ccc3c12. The van der Waals surface area contributed by atoms with Crippen LogP contribution in [0.15, 0.2) is 168 Å². The van der Waals surface area contributed by atoms with E-state index < -0.39 is 0 Å². The molecule has 0 atom stereocenters. The van der Waals surface area contributed by atoms with Gasteiger partial charge in [0.25, 0.3) is 0 Å². The third-order valence-corrected chi connectivity index (χ3v) is 13.7. The lowest BCUT2D eigenvalue weighted by Gasteiger charge is -2.11. The molecule has 0 saturated carbocycles. The van der Waals surface area contributed by atoms with Gasteiger partial charge in [0.05, 0.1) is 32.6 Å². The van der Waals surface area contributed by atoms with Crippen molar-refractivity contribution in [1.82, 2.24) is 14.5 Å². The number of nitrogens with zero attached hydrogens (tertiary/aromatic N) is 3. The van der Waals surface area contributed by atoms with Crippen molar-refractivity contribution in [2.24, 2.45) is 0 Å². The summed E-state index contributed by atoms with van der Waals surface area (Å²) in [5, 5.41) is 10.9. The largest absolute Gasteiger partial charge is 0.456 e. The normalized spacial score (nSPS) is 12.3. The minimum absolute atomic E-state index is 0.717. The first-order valence-corrected chi connectivity index (χ1v) is 20.4. The fraction of sp³-hybridized carbons (Fsp3) is 0. The molecule has 13 rings (SSSR count). The molecule has 13 aromatic rings. The maximum atomic E-state index is 6.34. The third kappa shape index (κ3) is 4.28. The molecule has 0 saturated heterocycles. The van der Waals surface area contributed by atoms with Crippen LogP contribution in [0.25, 0.3) is 123 Å². The van der Waals surface area contributed by atoms with Gasteiger partial charge in [0, 0.05) is 62.9 Å². The Morgan fingerprint density at radius 1 is 0.446 bits per heavy atom. The van der Waals surface area contributed by atoms with Gasteiger partial charge in [-0.25, -0.2) is 9.97 Å². The van der Waals surface area contributed by atoms with E-state index in [0.29, 0.717) is 0 Å². The number of para-hydroxylation sites is 2. The first-order chi connectivity index (χ1) is 27.7. The summed E-state index contributed by atoms with van der Waals surface area (Å²) in [4.78, 5) is 10.7. The Balaban J connectivity index is 1.03. The number of thiophene rings is 2. The molecule has 8 aromatic carbocycles. The number of hydrogen-bond acceptors (Lipinski definition) is 5. The fourth-order valence-electron chi connectivity index (χ4n) is 8.84. The van der Waals surface area contributed by atoms with Crippen molar-refractivity contribution in [3.05, 3.63) is 164 Å². The molecule has 0 aliphatic rings. The summed E-state index contributed by atoms with van der Waals surface area (Å²) in [7, 11) is 0. The van der Waals surface area contributed by atoms with Crippen LogP contribution in [0.3, 0.4) is 0 Å². The molecule has 0 aliphatic heterocycles. The first-order valence-electron chi connectivity index (χ1n) is 18.7. The van der Waals surface area contributed by atoms with Crippen molar-refractivity contribution in [2.75, 3.05) is 0 Å². The van der Waals surface area contributed by atoms with Crippen LogP contribution in [0.4, 0.5) is 0 Å². The Kier molecular flexibility index (Phi) is 6.17. The quantitative estimate of drug-likeness (QED) is 0.181. The number of aromatic nitrogens is 3. The van der Waals surface area contributed by atoms with E-state index in [1.165, 1.54) is 63.1 Å². The zero-order chi connectivity index (χ0) is 36.5. The molecule has 56 heavy (non-hydrogen) atoms. The summed E-state index contributed by atoms with van der Waals surface area (Å²) >= 11 is 3.58. The van der Waals surface area contributed by atoms with Crippen molar-refractivity contribution in [3.63, 3.8) is 0 Å². The second-order valence-corrected chi connectivity index (χ2v) is 16.6. The van der Waals surface area contributed by atoms with Gasteiger partial charge in [-0.2, -0.15) is 0 Å². The van der Waals surface area contributed by atoms with E-state index in [9.17, 15) is 0 Å². The van der Waals surface area contributed by atoms with Crippen LogP contribution < -0.4 is 0 Å². The van der Waals surface area contributed by atoms with E-state index in [2.05, 4.69) is 156 Å². The average Bonchev–Trinajstić information content (AvgIpc) is 4.00. The van der Waals surface area contributed by atoms with Gasteiger partial charge in [-0.15, -0.1) is 22.7 Å². The molecule has 0 radical (unpaired) electrons. The van der Waals surface area contributed by atoms with E-state index in [-0.39, 0.29) is 0 Å². The zero-order valence-electron chi connectivity index (χ0n) is 29.7. The highest BCUT2D eigenvalue weighted by Gasteiger charge is 2.21. The predicted octanol–water partition coefficient (Wildman–Crippen LogP) is 14.7.